The standard InChI is InChI=1S/C18H21ClFNO/c1-3-13(2)21-11-14-7-9-15(10-8-14)22-12-16-17(19)5-4-6-18(16)20/h4-10,13,21H,3,11-12H2,1-2H3/t13-/m1/s1. The molecule has 0 fully saturated rings. The number of nitrogens with one attached hydrogen (secondary N) is 1. The van der Waals surface area contributed by atoms with Crippen molar-refractivity contribution >= 4 is 11.6 Å². The van der Waals surface area contributed by atoms with Gasteiger partial charge in [-0.15, -0.1) is 0 Å². The maximum atomic E-state index is 13.7. The molecule has 0 spiro atoms. The van der Waals surface area contributed by atoms with Crippen molar-refractivity contribution in [3.63, 3.8) is 0 Å². The van der Waals surface area contributed by atoms with Gasteiger partial charge in [0.1, 0.15) is 18.2 Å². The van der Waals surface area contributed by atoms with E-state index in [2.05, 4.69) is 19.2 Å². The molecule has 0 saturated carbocycles. The summed E-state index contributed by atoms with van der Waals surface area (Å²) < 4.78 is 19.3. The molecular formula is C18H21ClFNO. The summed E-state index contributed by atoms with van der Waals surface area (Å²) in [5.74, 6) is 0.355. The second-order valence-corrected chi connectivity index (χ2v) is 5.73. The molecule has 0 aliphatic heterocycles. The average Bonchev–Trinajstić information content (AvgIpc) is 2.53. The highest BCUT2D eigenvalue weighted by Gasteiger charge is 2.07. The highest BCUT2D eigenvalue weighted by atomic mass is 35.5. The molecule has 2 nitrogen and oxygen atoms in total. The van der Waals surface area contributed by atoms with Crippen molar-refractivity contribution in [2.75, 3.05) is 0 Å². The summed E-state index contributed by atoms with van der Waals surface area (Å²) in [6.45, 7) is 5.27. The van der Waals surface area contributed by atoms with Crippen LogP contribution in [0.3, 0.4) is 0 Å². The van der Waals surface area contributed by atoms with Gasteiger partial charge in [-0.25, -0.2) is 4.39 Å². The number of hydrogen-bond donors (Lipinski definition) is 1. The van der Waals surface area contributed by atoms with Crippen molar-refractivity contribution in [3.8, 4) is 5.75 Å². The van der Waals surface area contributed by atoms with Gasteiger partial charge in [-0.1, -0.05) is 36.7 Å². The van der Waals surface area contributed by atoms with Gasteiger partial charge < -0.3 is 10.1 Å². The van der Waals surface area contributed by atoms with Crippen LogP contribution in [0.25, 0.3) is 0 Å². The summed E-state index contributed by atoms with van der Waals surface area (Å²) in [6, 6.07) is 12.9. The van der Waals surface area contributed by atoms with Crippen molar-refractivity contribution in [1.29, 1.82) is 0 Å². The zero-order valence-corrected chi connectivity index (χ0v) is 13.7. The fourth-order valence-corrected chi connectivity index (χ4v) is 2.18. The first-order chi connectivity index (χ1) is 10.6. The molecule has 0 unspecified atom stereocenters. The van der Waals surface area contributed by atoms with Crippen LogP contribution in [0.4, 0.5) is 4.39 Å². The molecule has 0 aliphatic rings. The summed E-state index contributed by atoms with van der Waals surface area (Å²) in [5.41, 5.74) is 1.57. The molecule has 1 atom stereocenters. The second-order valence-electron chi connectivity index (χ2n) is 5.32. The topological polar surface area (TPSA) is 21.3 Å². The first-order valence-electron chi connectivity index (χ1n) is 7.48. The lowest BCUT2D eigenvalue weighted by Crippen LogP contribution is -2.24. The Morgan fingerprint density at radius 3 is 2.55 bits per heavy atom. The molecule has 0 saturated heterocycles. The third kappa shape index (κ3) is 4.72. The molecule has 0 aliphatic carbocycles. The fraction of sp³-hybridized carbons (Fsp3) is 0.333. The van der Waals surface area contributed by atoms with E-state index in [-0.39, 0.29) is 12.4 Å². The Bertz CT molecular complexity index is 580. The van der Waals surface area contributed by atoms with Crippen molar-refractivity contribution in [1.82, 2.24) is 5.32 Å². The van der Waals surface area contributed by atoms with Gasteiger partial charge in [-0.2, -0.15) is 0 Å². The van der Waals surface area contributed by atoms with E-state index in [1.165, 1.54) is 11.6 Å². The minimum atomic E-state index is -0.345. The number of ether oxygens (including phenoxy) is 1. The lowest BCUT2D eigenvalue weighted by Gasteiger charge is -2.12. The number of rotatable bonds is 7. The normalized spacial score (nSPS) is 12.2. The molecule has 2 aromatic carbocycles. The van der Waals surface area contributed by atoms with Crippen LogP contribution in [-0.4, -0.2) is 6.04 Å². The Morgan fingerprint density at radius 2 is 1.91 bits per heavy atom. The van der Waals surface area contributed by atoms with Crippen molar-refractivity contribution in [2.45, 2.75) is 39.5 Å². The van der Waals surface area contributed by atoms with Crippen LogP contribution in [0.2, 0.25) is 5.02 Å². The quantitative estimate of drug-likeness (QED) is 0.779. The maximum Gasteiger partial charge on any atom is 0.131 e. The number of benzene rings is 2. The number of halogens is 2. The Balaban J connectivity index is 1.91. The van der Waals surface area contributed by atoms with Crippen molar-refractivity contribution in [2.24, 2.45) is 0 Å². The molecular weight excluding hydrogens is 301 g/mol. The summed E-state index contributed by atoms with van der Waals surface area (Å²) in [4.78, 5) is 0. The lowest BCUT2D eigenvalue weighted by molar-refractivity contribution is 0.300. The molecule has 2 rings (SSSR count). The summed E-state index contributed by atoms with van der Waals surface area (Å²) in [6.07, 6.45) is 1.10. The minimum absolute atomic E-state index is 0.121. The van der Waals surface area contributed by atoms with Gasteiger partial charge in [0.15, 0.2) is 0 Å². The van der Waals surface area contributed by atoms with Gasteiger partial charge in [-0.3, -0.25) is 0 Å². The van der Waals surface area contributed by atoms with E-state index >= 15 is 0 Å². The molecule has 118 valence electrons. The van der Waals surface area contributed by atoms with Gasteiger partial charge in [0.25, 0.3) is 0 Å². The van der Waals surface area contributed by atoms with Crippen LogP contribution in [-0.2, 0) is 13.2 Å². The monoisotopic (exact) mass is 321 g/mol. The van der Waals surface area contributed by atoms with Crippen LogP contribution in [0.15, 0.2) is 42.5 Å². The van der Waals surface area contributed by atoms with Gasteiger partial charge in [0.2, 0.25) is 0 Å². The van der Waals surface area contributed by atoms with Gasteiger partial charge in [-0.05, 0) is 43.2 Å². The molecule has 2 aromatic rings. The second kappa shape index (κ2) is 8.16. The summed E-state index contributed by atoms with van der Waals surface area (Å²) >= 11 is 5.98. The third-order valence-electron chi connectivity index (χ3n) is 3.64. The first kappa shape index (κ1) is 16.8. The first-order valence-corrected chi connectivity index (χ1v) is 7.86. The maximum absolute atomic E-state index is 13.7. The predicted molar refractivity (Wildman–Crippen MR) is 88.8 cm³/mol. The molecule has 4 heteroatoms. The van der Waals surface area contributed by atoms with Crippen LogP contribution in [0.1, 0.15) is 31.4 Å². The smallest absolute Gasteiger partial charge is 0.131 e. The SMILES string of the molecule is CC[C@@H](C)NCc1ccc(OCc2c(F)cccc2Cl)cc1. The van der Waals surface area contributed by atoms with E-state index < -0.39 is 0 Å². The zero-order chi connectivity index (χ0) is 15.9. The molecule has 22 heavy (non-hydrogen) atoms. The highest BCUT2D eigenvalue weighted by Crippen LogP contribution is 2.21. The zero-order valence-electron chi connectivity index (χ0n) is 12.9. The molecule has 0 radical (unpaired) electrons. The van der Waals surface area contributed by atoms with Crippen molar-refractivity contribution in [3.05, 3.63) is 64.4 Å². The highest BCUT2D eigenvalue weighted by molar-refractivity contribution is 6.31. The molecule has 1 N–H and O–H groups in total. The van der Waals surface area contributed by atoms with Gasteiger partial charge in [0.05, 0.1) is 5.02 Å². The Kier molecular flexibility index (Phi) is 6.22. The summed E-state index contributed by atoms with van der Waals surface area (Å²) in [7, 11) is 0. The average molecular weight is 322 g/mol. The van der Waals surface area contributed by atoms with Crippen LogP contribution in [0, 0.1) is 5.82 Å². The molecule has 0 heterocycles. The van der Waals surface area contributed by atoms with E-state index in [0.29, 0.717) is 22.4 Å². The van der Waals surface area contributed by atoms with Crippen LogP contribution in [0.5, 0.6) is 5.75 Å². The van der Waals surface area contributed by atoms with Gasteiger partial charge >= 0.3 is 0 Å². The van der Waals surface area contributed by atoms with Crippen molar-refractivity contribution < 1.29 is 9.13 Å². The Labute approximate surface area is 136 Å². The molecule has 0 aromatic heterocycles. The third-order valence-corrected chi connectivity index (χ3v) is 3.99. The lowest BCUT2D eigenvalue weighted by atomic mass is 10.2. The van der Waals surface area contributed by atoms with E-state index in [4.69, 9.17) is 16.3 Å². The molecule has 0 bridgehead atoms. The minimum Gasteiger partial charge on any atom is -0.489 e. The Morgan fingerprint density at radius 1 is 1.18 bits per heavy atom. The van der Waals surface area contributed by atoms with E-state index in [1.54, 1.807) is 12.1 Å². The largest absolute Gasteiger partial charge is 0.489 e. The van der Waals surface area contributed by atoms with Crippen LogP contribution < -0.4 is 10.1 Å². The fourth-order valence-electron chi connectivity index (χ4n) is 1.97. The van der Waals surface area contributed by atoms with E-state index in [0.717, 1.165) is 13.0 Å². The number of hydrogen-bond acceptors (Lipinski definition) is 2. The van der Waals surface area contributed by atoms with E-state index in [1.807, 2.05) is 24.3 Å². The van der Waals surface area contributed by atoms with Crippen LogP contribution >= 0.6 is 11.6 Å². The van der Waals surface area contributed by atoms with E-state index in [9.17, 15) is 4.39 Å². The Hall–Kier alpha value is -1.58. The molecule has 0 amide bonds. The summed E-state index contributed by atoms with van der Waals surface area (Å²) in [5, 5.41) is 3.82. The van der Waals surface area contributed by atoms with Gasteiger partial charge in [0, 0.05) is 18.2 Å². The predicted octanol–water partition coefficient (Wildman–Crippen LogP) is 4.95.